The van der Waals surface area contributed by atoms with Gasteiger partial charge in [0.1, 0.15) is 11.7 Å². The standard InChI is InChI=1S/C16H16BrN3.C10H7BrClN.C6H10N2.CH4/c1-9-6-15-12(7-13(9)17)14(4-5-18-15)20-16-11(3)10(2)8-19-16;1-6-4-10-7(5-8(6)11)9(12)2-3-13-10;1-4-3-8-6(7)5(4)2;/h4-7H,8H2,1-3H3,(H,18,19,20);2-5H,1H3;3H2,1-2H3,(H2,7,8);1H4. The number of hydrogen-bond donors (Lipinski definition) is 2. The van der Waals surface area contributed by atoms with Gasteiger partial charge in [-0.2, -0.15) is 0 Å². The number of nitrogens with one attached hydrogen (secondary N) is 1. The Labute approximate surface area is 270 Å². The zero-order valence-corrected chi connectivity index (χ0v) is 28.0. The number of aryl methyl sites for hydroxylation is 2. The number of pyridine rings is 2. The third kappa shape index (κ3) is 7.65. The molecule has 0 amide bonds. The summed E-state index contributed by atoms with van der Waals surface area (Å²) in [5.74, 6) is 1.68. The van der Waals surface area contributed by atoms with Crippen molar-refractivity contribution in [3.8, 4) is 0 Å². The number of anilines is 1. The van der Waals surface area contributed by atoms with Gasteiger partial charge < -0.3 is 11.1 Å². The first-order chi connectivity index (χ1) is 19.5. The Bertz CT molecular complexity index is 1770. The molecule has 220 valence electrons. The van der Waals surface area contributed by atoms with Crippen molar-refractivity contribution in [1.82, 2.24) is 9.97 Å². The Balaban J connectivity index is 0.000000189. The molecular weight excluding hydrogens is 676 g/mol. The second-order valence-electron chi connectivity index (χ2n) is 10.2. The summed E-state index contributed by atoms with van der Waals surface area (Å²) in [5.41, 5.74) is 15.8. The summed E-state index contributed by atoms with van der Waals surface area (Å²) in [6.07, 6.45) is 3.55. The number of rotatable bonds is 1. The number of halogens is 3. The summed E-state index contributed by atoms with van der Waals surface area (Å²) < 4.78 is 2.16. The van der Waals surface area contributed by atoms with Crippen LogP contribution in [0.2, 0.25) is 5.02 Å². The van der Waals surface area contributed by atoms with E-state index in [1.807, 2.05) is 38.2 Å². The van der Waals surface area contributed by atoms with E-state index >= 15 is 0 Å². The number of amidine groups is 2. The molecule has 0 bridgehead atoms. The normalized spacial score (nSPS) is 14.1. The van der Waals surface area contributed by atoms with Gasteiger partial charge in [0.2, 0.25) is 0 Å². The van der Waals surface area contributed by atoms with E-state index in [0.29, 0.717) is 5.84 Å². The summed E-state index contributed by atoms with van der Waals surface area (Å²) in [6, 6.07) is 12.0. The predicted octanol–water partition coefficient (Wildman–Crippen LogP) is 9.75. The second-order valence-corrected chi connectivity index (χ2v) is 12.3. The minimum absolute atomic E-state index is 0. The van der Waals surface area contributed by atoms with Crippen LogP contribution in [0.15, 0.2) is 90.0 Å². The highest BCUT2D eigenvalue weighted by Crippen LogP contribution is 2.29. The first-order valence-corrected chi connectivity index (χ1v) is 15.1. The Morgan fingerprint density at radius 3 is 1.76 bits per heavy atom. The summed E-state index contributed by atoms with van der Waals surface area (Å²) in [5, 5.41) is 6.27. The van der Waals surface area contributed by atoms with Gasteiger partial charge in [0.15, 0.2) is 0 Å². The number of fused-ring (bicyclic) bond motifs is 2. The maximum atomic E-state index is 6.02. The lowest BCUT2D eigenvalue weighted by molar-refractivity contribution is 1.16. The van der Waals surface area contributed by atoms with E-state index < -0.39 is 0 Å². The smallest absolute Gasteiger partial charge is 0.128 e. The molecule has 0 spiro atoms. The highest BCUT2D eigenvalue weighted by atomic mass is 79.9. The Morgan fingerprint density at radius 2 is 1.26 bits per heavy atom. The number of aliphatic imine (C=N–C) groups is 2. The quantitative estimate of drug-likeness (QED) is 0.206. The van der Waals surface area contributed by atoms with Gasteiger partial charge in [0.05, 0.1) is 34.8 Å². The van der Waals surface area contributed by atoms with Gasteiger partial charge in [-0.3, -0.25) is 20.0 Å². The van der Waals surface area contributed by atoms with Crippen LogP contribution < -0.4 is 11.1 Å². The maximum Gasteiger partial charge on any atom is 0.128 e. The van der Waals surface area contributed by atoms with Crippen LogP contribution in [0.3, 0.4) is 0 Å². The van der Waals surface area contributed by atoms with Crippen LogP contribution in [0.25, 0.3) is 21.8 Å². The lowest BCUT2D eigenvalue weighted by atomic mass is 10.1. The van der Waals surface area contributed by atoms with Crippen LogP contribution in [-0.4, -0.2) is 34.7 Å². The van der Waals surface area contributed by atoms with Crippen LogP contribution in [0.1, 0.15) is 46.2 Å². The first-order valence-electron chi connectivity index (χ1n) is 13.2. The number of nitrogens with two attached hydrogens (primary N) is 1. The molecule has 3 N–H and O–H groups in total. The van der Waals surface area contributed by atoms with E-state index in [1.54, 1.807) is 12.3 Å². The van der Waals surface area contributed by atoms with Crippen LogP contribution in [-0.2, 0) is 0 Å². The molecule has 0 radical (unpaired) electrons. The second kappa shape index (κ2) is 14.4. The van der Waals surface area contributed by atoms with Gasteiger partial charge >= 0.3 is 0 Å². The Kier molecular flexibility index (Phi) is 11.5. The molecule has 0 atom stereocenters. The Hall–Kier alpha value is -3.07. The molecule has 0 aliphatic carbocycles. The van der Waals surface area contributed by atoms with E-state index in [2.05, 4.69) is 97.0 Å². The number of benzene rings is 2. The van der Waals surface area contributed by atoms with Crippen molar-refractivity contribution < 1.29 is 0 Å². The molecule has 2 aliphatic heterocycles. The third-order valence-corrected chi connectivity index (χ3v) is 9.26. The maximum absolute atomic E-state index is 6.02. The van der Waals surface area contributed by atoms with Crippen LogP contribution in [0, 0.1) is 13.8 Å². The van der Waals surface area contributed by atoms with Crippen molar-refractivity contribution in [3.05, 3.63) is 96.2 Å². The largest absolute Gasteiger partial charge is 0.384 e. The van der Waals surface area contributed by atoms with Crippen molar-refractivity contribution in [1.29, 1.82) is 0 Å². The summed E-state index contributed by atoms with van der Waals surface area (Å²) in [4.78, 5) is 17.2. The molecule has 2 aliphatic rings. The number of nitrogens with zero attached hydrogens (tertiary/aromatic N) is 4. The molecule has 6 rings (SSSR count). The molecule has 2 aromatic carbocycles. The van der Waals surface area contributed by atoms with Crippen LogP contribution >= 0.6 is 43.5 Å². The summed E-state index contributed by atoms with van der Waals surface area (Å²) in [7, 11) is 0. The molecule has 2 aromatic heterocycles. The third-order valence-electron chi connectivity index (χ3n) is 7.22. The molecule has 4 aromatic rings. The molecule has 6 nitrogen and oxygen atoms in total. The SMILES string of the molecule is C.CC1=C(C)C(N)=NC1.CC1=C(C)C(Nc2ccnc3cc(C)c(Br)cc23)=NC1.Cc1cc2nccc(Cl)c2cc1Br. The minimum Gasteiger partial charge on any atom is -0.384 e. The van der Waals surface area contributed by atoms with E-state index in [4.69, 9.17) is 17.3 Å². The predicted molar refractivity (Wildman–Crippen MR) is 189 cm³/mol. The first kappa shape index (κ1) is 33.4. The zero-order valence-electron chi connectivity index (χ0n) is 24.0. The molecule has 0 saturated carbocycles. The van der Waals surface area contributed by atoms with Gasteiger partial charge in [-0.05, 0) is 111 Å². The van der Waals surface area contributed by atoms with Gasteiger partial charge in [-0.25, -0.2) is 0 Å². The van der Waals surface area contributed by atoms with Crippen molar-refractivity contribution in [2.75, 3.05) is 18.4 Å². The molecule has 9 heteroatoms. The number of hydrogen-bond acceptors (Lipinski definition) is 6. The average molecular weight is 713 g/mol. The van der Waals surface area contributed by atoms with E-state index in [1.165, 1.54) is 27.8 Å². The van der Waals surface area contributed by atoms with Gasteiger partial charge in [0, 0.05) is 32.1 Å². The van der Waals surface area contributed by atoms with Crippen molar-refractivity contribution in [2.45, 2.75) is 49.0 Å². The Morgan fingerprint density at radius 1 is 0.738 bits per heavy atom. The molecule has 0 saturated heterocycles. The van der Waals surface area contributed by atoms with Gasteiger partial charge in [0.25, 0.3) is 0 Å². The average Bonchev–Trinajstić information content (AvgIpc) is 3.41. The zero-order chi connectivity index (χ0) is 29.8. The highest BCUT2D eigenvalue weighted by molar-refractivity contribution is 9.10. The topological polar surface area (TPSA) is 88.5 Å². The van der Waals surface area contributed by atoms with Crippen LogP contribution in [0.4, 0.5) is 5.69 Å². The molecule has 42 heavy (non-hydrogen) atoms. The molecular formula is C33H37Br2ClN6. The van der Waals surface area contributed by atoms with E-state index in [9.17, 15) is 0 Å². The van der Waals surface area contributed by atoms with Crippen molar-refractivity contribution in [2.24, 2.45) is 15.7 Å². The number of aromatic nitrogens is 2. The molecule has 4 heterocycles. The minimum atomic E-state index is 0. The molecule has 0 fully saturated rings. The van der Waals surface area contributed by atoms with Crippen molar-refractivity contribution >= 4 is 82.6 Å². The van der Waals surface area contributed by atoms with Gasteiger partial charge in [-0.15, -0.1) is 0 Å². The lowest BCUT2D eigenvalue weighted by Crippen LogP contribution is -2.11. The monoisotopic (exact) mass is 710 g/mol. The van der Waals surface area contributed by atoms with E-state index in [-0.39, 0.29) is 7.43 Å². The fourth-order valence-corrected chi connectivity index (χ4v) is 5.07. The summed E-state index contributed by atoms with van der Waals surface area (Å²) in [6.45, 7) is 14.0. The van der Waals surface area contributed by atoms with Crippen molar-refractivity contribution in [3.63, 3.8) is 0 Å². The van der Waals surface area contributed by atoms with E-state index in [0.717, 1.165) is 66.0 Å². The van der Waals surface area contributed by atoms with Gasteiger partial charge in [-0.1, -0.05) is 50.9 Å². The van der Waals surface area contributed by atoms with Crippen LogP contribution in [0.5, 0.6) is 0 Å². The summed E-state index contributed by atoms with van der Waals surface area (Å²) >= 11 is 13.1. The molecule has 0 unspecified atom stereocenters. The fourth-order valence-electron chi connectivity index (χ4n) is 4.17. The highest BCUT2D eigenvalue weighted by Gasteiger charge is 2.14. The fraction of sp³-hybridized carbons (Fsp3) is 0.273. The lowest BCUT2D eigenvalue weighted by Gasteiger charge is -2.11.